The van der Waals surface area contributed by atoms with Crippen LogP contribution in [0.2, 0.25) is 0 Å². The van der Waals surface area contributed by atoms with Gasteiger partial charge in [0.2, 0.25) is 0 Å². The van der Waals surface area contributed by atoms with Crippen LogP contribution in [0.4, 0.5) is 0 Å². The quantitative estimate of drug-likeness (QED) is 0.140. The van der Waals surface area contributed by atoms with Crippen molar-refractivity contribution in [3.8, 4) is 67.3 Å². The van der Waals surface area contributed by atoms with Gasteiger partial charge >= 0.3 is 0 Å². The normalized spacial score (nSPS) is 11.6. The highest BCUT2D eigenvalue weighted by Gasteiger charge is 2.17. The number of nitrogens with zero attached hydrogens (tertiary/aromatic N) is 3. The van der Waals surface area contributed by atoms with E-state index in [4.69, 9.17) is 4.98 Å². The minimum Gasteiger partial charge on any atom is -0.309 e. The van der Waals surface area contributed by atoms with Gasteiger partial charge in [-0.05, 0) is 120 Å². The van der Waals surface area contributed by atoms with Gasteiger partial charge in [-0.2, -0.15) is 0 Å². The van der Waals surface area contributed by atoms with Crippen LogP contribution in [0.25, 0.3) is 111 Å². The standard InChI is InChI=1S/C59H39N3.C6H10/c1-4-14-40(15-5-1)41-24-26-44(27-25-41)55-39-47(38-54(60-55)43-16-6-2-7-17-43)42-28-32-49(33-29-42)62-57-23-13-11-21-51(57)53-37-46(31-35-59(53)62)45-30-34-58-52(36-45)50-20-10-12-22-56(50)61(58)48-18-8-3-9-19-48;1-3-5-6-4-2/h1-39H;3-6H,1-2H3/b;5-3-,6-4-. The van der Waals surface area contributed by atoms with Gasteiger partial charge in [-0.3, -0.25) is 0 Å². The number of benzene rings is 9. The van der Waals surface area contributed by atoms with E-state index in [1.807, 2.05) is 38.2 Å². The molecule has 0 unspecified atom stereocenters. The average molecular weight is 872 g/mol. The highest BCUT2D eigenvalue weighted by Crippen LogP contribution is 2.39. The lowest BCUT2D eigenvalue weighted by Gasteiger charge is -2.13. The van der Waals surface area contributed by atoms with Crippen molar-refractivity contribution in [2.24, 2.45) is 0 Å². The van der Waals surface area contributed by atoms with Crippen molar-refractivity contribution >= 4 is 43.6 Å². The Kier molecular flexibility index (Phi) is 11.5. The Bertz CT molecular complexity index is 3750. The van der Waals surface area contributed by atoms with E-state index in [2.05, 4.69) is 246 Å². The smallest absolute Gasteiger partial charge is 0.0715 e. The van der Waals surface area contributed by atoms with Crippen molar-refractivity contribution in [2.75, 3.05) is 0 Å². The zero-order chi connectivity index (χ0) is 45.8. The number of aromatic nitrogens is 3. The SMILES string of the molecule is C/C=C\C=C/C.c1ccc(-c2ccc(-c3cc(-c4ccc(-n5c6ccccc6c6cc(-c7ccc8c(c7)c7ccccc7n8-c7ccccc7)ccc65)cc4)cc(-c4ccccc4)n3)cc2)cc1. The molecule has 0 aliphatic rings. The van der Waals surface area contributed by atoms with Gasteiger partial charge in [0.15, 0.2) is 0 Å². The van der Waals surface area contributed by atoms with Gasteiger partial charge in [-0.15, -0.1) is 0 Å². The van der Waals surface area contributed by atoms with Crippen LogP contribution in [0.15, 0.2) is 261 Å². The lowest BCUT2D eigenvalue weighted by molar-refractivity contribution is 1.18. The Morgan fingerprint density at radius 3 is 1.15 bits per heavy atom. The van der Waals surface area contributed by atoms with Gasteiger partial charge in [-0.25, -0.2) is 4.98 Å². The molecule has 0 aliphatic heterocycles. The molecule has 0 radical (unpaired) electrons. The van der Waals surface area contributed by atoms with Gasteiger partial charge < -0.3 is 9.13 Å². The fourth-order valence-electron chi connectivity index (χ4n) is 9.53. The summed E-state index contributed by atoms with van der Waals surface area (Å²) < 4.78 is 4.77. The maximum atomic E-state index is 5.19. The van der Waals surface area contributed by atoms with Crippen LogP contribution in [0.1, 0.15) is 13.8 Å². The molecule has 0 N–H and O–H groups in total. The molecule has 12 aromatic rings. The summed E-state index contributed by atoms with van der Waals surface area (Å²) in [4.78, 5) is 5.19. The zero-order valence-corrected chi connectivity index (χ0v) is 38.2. The number of hydrogen-bond acceptors (Lipinski definition) is 1. The second-order valence-electron chi connectivity index (χ2n) is 17.0. The van der Waals surface area contributed by atoms with Crippen molar-refractivity contribution in [1.29, 1.82) is 0 Å². The molecule has 0 amide bonds. The van der Waals surface area contributed by atoms with Gasteiger partial charge in [0, 0.05) is 44.0 Å². The van der Waals surface area contributed by atoms with Gasteiger partial charge in [0.05, 0.1) is 33.5 Å². The number of allylic oxidation sites excluding steroid dienone is 4. The summed E-state index contributed by atoms with van der Waals surface area (Å²) in [6, 6.07) is 85.2. The highest BCUT2D eigenvalue weighted by molar-refractivity contribution is 6.12. The van der Waals surface area contributed by atoms with Crippen LogP contribution >= 0.6 is 0 Å². The third-order valence-electron chi connectivity index (χ3n) is 12.8. The van der Waals surface area contributed by atoms with Gasteiger partial charge in [0.1, 0.15) is 0 Å². The van der Waals surface area contributed by atoms with Crippen LogP contribution < -0.4 is 0 Å². The average Bonchev–Trinajstić information content (AvgIpc) is 3.93. The van der Waals surface area contributed by atoms with E-state index < -0.39 is 0 Å². The van der Waals surface area contributed by atoms with Gasteiger partial charge in [0.25, 0.3) is 0 Å². The monoisotopic (exact) mass is 871 g/mol. The molecule has 0 saturated heterocycles. The lowest BCUT2D eigenvalue weighted by Crippen LogP contribution is -1.94. The first-order chi connectivity index (χ1) is 33.6. The Morgan fingerprint density at radius 1 is 0.279 bits per heavy atom. The number of pyridine rings is 1. The molecule has 3 aromatic heterocycles. The topological polar surface area (TPSA) is 22.8 Å². The molecular formula is C65H49N3. The van der Waals surface area contributed by atoms with Crippen LogP contribution in [0.3, 0.4) is 0 Å². The van der Waals surface area contributed by atoms with Crippen molar-refractivity contribution < 1.29 is 0 Å². The van der Waals surface area contributed by atoms with E-state index in [9.17, 15) is 0 Å². The summed E-state index contributed by atoms with van der Waals surface area (Å²) in [5, 5.41) is 4.98. The Morgan fingerprint density at radius 2 is 0.632 bits per heavy atom. The molecular weight excluding hydrogens is 823 g/mol. The third kappa shape index (κ3) is 8.01. The number of rotatable bonds is 8. The Labute approximate surface area is 397 Å². The highest BCUT2D eigenvalue weighted by atomic mass is 15.0. The van der Waals surface area contributed by atoms with Crippen LogP contribution in [-0.4, -0.2) is 14.1 Å². The molecule has 0 spiro atoms. The van der Waals surface area contributed by atoms with E-state index in [1.165, 1.54) is 71.6 Å². The first-order valence-corrected chi connectivity index (χ1v) is 23.4. The summed E-state index contributed by atoms with van der Waals surface area (Å²) >= 11 is 0. The number of para-hydroxylation sites is 3. The zero-order valence-electron chi connectivity index (χ0n) is 38.2. The van der Waals surface area contributed by atoms with E-state index >= 15 is 0 Å². The first kappa shape index (κ1) is 41.9. The lowest BCUT2D eigenvalue weighted by atomic mass is 9.98. The molecule has 0 fully saturated rings. The van der Waals surface area contributed by atoms with E-state index in [-0.39, 0.29) is 0 Å². The second-order valence-corrected chi connectivity index (χ2v) is 17.0. The molecule has 3 heterocycles. The van der Waals surface area contributed by atoms with Crippen molar-refractivity contribution in [3.63, 3.8) is 0 Å². The van der Waals surface area contributed by atoms with E-state index in [0.29, 0.717) is 0 Å². The summed E-state index contributed by atoms with van der Waals surface area (Å²) in [5.41, 5.74) is 18.2. The molecule has 0 aliphatic carbocycles. The van der Waals surface area contributed by atoms with Crippen molar-refractivity contribution in [1.82, 2.24) is 14.1 Å². The summed E-state index contributed by atoms with van der Waals surface area (Å²) in [5.74, 6) is 0. The molecule has 0 bridgehead atoms. The number of fused-ring (bicyclic) bond motifs is 6. The summed E-state index contributed by atoms with van der Waals surface area (Å²) in [6.45, 7) is 4.00. The molecule has 12 rings (SSSR count). The molecule has 3 nitrogen and oxygen atoms in total. The van der Waals surface area contributed by atoms with Crippen molar-refractivity contribution in [3.05, 3.63) is 261 Å². The Balaban J connectivity index is 0.000000796. The minimum atomic E-state index is 0.948. The van der Waals surface area contributed by atoms with E-state index in [1.54, 1.807) is 0 Å². The van der Waals surface area contributed by atoms with E-state index in [0.717, 1.165) is 39.3 Å². The predicted octanol–water partition coefficient (Wildman–Crippen LogP) is 17.7. The predicted molar refractivity (Wildman–Crippen MR) is 290 cm³/mol. The van der Waals surface area contributed by atoms with Gasteiger partial charge in [-0.1, -0.05) is 188 Å². The van der Waals surface area contributed by atoms with Crippen LogP contribution in [0.5, 0.6) is 0 Å². The fraction of sp³-hybridized carbons (Fsp3) is 0.0308. The largest absolute Gasteiger partial charge is 0.309 e. The minimum absolute atomic E-state index is 0.948. The third-order valence-corrected chi connectivity index (χ3v) is 12.8. The fourth-order valence-corrected chi connectivity index (χ4v) is 9.53. The molecule has 9 aromatic carbocycles. The van der Waals surface area contributed by atoms with Crippen molar-refractivity contribution in [2.45, 2.75) is 13.8 Å². The maximum absolute atomic E-state index is 5.19. The molecule has 68 heavy (non-hydrogen) atoms. The Hall–Kier alpha value is -8.79. The molecule has 324 valence electrons. The van der Waals surface area contributed by atoms with Crippen LogP contribution in [0, 0.1) is 0 Å². The summed E-state index contributed by atoms with van der Waals surface area (Å²) in [7, 11) is 0. The maximum Gasteiger partial charge on any atom is 0.0715 e. The van der Waals surface area contributed by atoms with Crippen LogP contribution in [-0.2, 0) is 0 Å². The first-order valence-electron chi connectivity index (χ1n) is 23.4. The molecule has 0 saturated carbocycles. The second kappa shape index (κ2) is 18.6. The molecule has 3 heteroatoms. The molecule has 0 atom stereocenters. The number of hydrogen-bond donors (Lipinski definition) is 0. The summed E-state index contributed by atoms with van der Waals surface area (Å²) in [6.07, 6.45) is 8.00.